The molecule has 2 amide bonds. The molecule has 38 heavy (non-hydrogen) atoms. The molecule has 3 aromatic rings. The third-order valence-electron chi connectivity index (χ3n) is 5.99. The Balaban J connectivity index is 2.00. The molecule has 0 spiro atoms. The Kier molecular flexibility index (Phi) is 10.4. The lowest BCUT2D eigenvalue weighted by atomic mass is 10.1. The molecular weight excluding hydrogens is 590 g/mol. The number of anilines is 1. The van der Waals surface area contributed by atoms with Crippen LogP contribution in [0.2, 0.25) is 5.02 Å². The van der Waals surface area contributed by atoms with Crippen LogP contribution in [0.15, 0.2) is 82.2 Å². The van der Waals surface area contributed by atoms with E-state index in [9.17, 15) is 18.0 Å². The van der Waals surface area contributed by atoms with E-state index in [1.165, 1.54) is 17.0 Å². The molecule has 0 aromatic heterocycles. The molecule has 1 N–H and O–H groups in total. The number of nitrogens with zero attached hydrogens (tertiary/aromatic N) is 2. The van der Waals surface area contributed by atoms with E-state index < -0.39 is 28.5 Å². The normalized spacial score (nSPS) is 12.0. The van der Waals surface area contributed by atoms with Gasteiger partial charge in [0, 0.05) is 22.6 Å². The number of halogens is 2. The minimum Gasteiger partial charge on any atom is -0.354 e. The van der Waals surface area contributed by atoms with Crippen LogP contribution in [0.4, 0.5) is 5.69 Å². The largest absolute Gasteiger partial charge is 0.354 e. The van der Waals surface area contributed by atoms with Gasteiger partial charge in [-0.3, -0.25) is 13.9 Å². The van der Waals surface area contributed by atoms with E-state index in [0.717, 1.165) is 26.3 Å². The van der Waals surface area contributed by atoms with Crippen LogP contribution < -0.4 is 9.62 Å². The van der Waals surface area contributed by atoms with E-state index in [1.807, 2.05) is 13.8 Å². The predicted molar refractivity (Wildman–Crippen MR) is 155 cm³/mol. The third-order valence-corrected chi connectivity index (χ3v) is 8.55. The number of amides is 2. The third kappa shape index (κ3) is 7.58. The summed E-state index contributed by atoms with van der Waals surface area (Å²) in [6.45, 7) is 5.53. The predicted octanol–water partition coefficient (Wildman–Crippen LogP) is 5.55. The lowest BCUT2D eigenvalue weighted by Crippen LogP contribution is -2.51. The van der Waals surface area contributed by atoms with Crippen LogP contribution in [0.1, 0.15) is 31.4 Å². The summed E-state index contributed by atoms with van der Waals surface area (Å²) >= 11 is 9.40. The zero-order valence-electron chi connectivity index (χ0n) is 21.5. The minimum atomic E-state index is -4.10. The van der Waals surface area contributed by atoms with Crippen LogP contribution in [-0.2, 0) is 26.2 Å². The first kappa shape index (κ1) is 29.7. The van der Waals surface area contributed by atoms with Gasteiger partial charge in [0.15, 0.2) is 0 Å². The quantitative estimate of drug-likeness (QED) is 0.305. The molecule has 0 aliphatic carbocycles. The highest BCUT2D eigenvalue weighted by molar-refractivity contribution is 9.10. The van der Waals surface area contributed by atoms with Gasteiger partial charge in [0.05, 0.1) is 10.6 Å². The Morgan fingerprint density at radius 3 is 2.16 bits per heavy atom. The van der Waals surface area contributed by atoms with Crippen molar-refractivity contribution >= 4 is 55.1 Å². The highest BCUT2D eigenvalue weighted by Gasteiger charge is 2.32. The molecule has 0 radical (unpaired) electrons. The fourth-order valence-electron chi connectivity index (χ4n) is 3.74. The highest BCUT2D eigenvalue weighted by Crippen LogP contribution is 2.26. The van der Waals surface area contributed by atoms with Crippen molar-refractivity contribution in [3.05, 3.63) is 93.4 Å². The number of rotatable bonds is 11. The second kappa shape index (κ2) is 13.3. The Morgan fingerprint density at radius 1 is 0.974 bits per heavy atom. The van der Waals surface area contributed by atoms with E-state index in [1.54, 1.807) is 67.6 Å². The van der Waals surface area contributed by atoms with Crippen molar-refractivity contribution in [1.29, 1.82) is 0 Å². The lowest BCUT2D eigenvalue weighted by molar-refractivity contribution is -0.139. The molecule has 0 bridgehead atoms. The molecule has 10 heteroatoms. The highest BCUT2D eigenvalue weighted by atomic mass is 79.9. The van der Waals surface area contributed by atoms with Crippen molar-refractivity contribution in [2.24, 2.45) is 0 Å². The van der Waals surface area contributed by atoms with Crippen molar-refractivity contribution < 1.29 is 18.0 Å². The Labute approximate surface area is 238 Å². The summed E-state index contributed by atoms with van der Waals surface area (Å²) < 4.78 is 29.4. The first-order chi connectivity index (χ1) is 18.0. The van der Waals surface area contributed by atoms with E-state index in [0.29, 0.717) is 17.3 Å². The van der Waals surface area contributed by atoms with Crippen molar-refractivity contribution in [3.8, 4) is 0 Å². The van der Waals surface area contributed by atoms with Gasteiger partial charge in [0.2, 0.25) is 11.8 Å². The number of carbonyl (C=O) groups excluding carboxylic acids is 2. The molecule has 7 nitrogen and oxygen atoms in total. The van der Waals surface area contributed by atoms with Crippen LogP contribution in [0, 0.1) is 6.92 Å². The van der Waals surface area contributed by atoms with Gasteiger partial charge in [-0.15, -0.1) is 0 Å². The Morgan fingerprint density at radius 2 is 1.58 bits per heavy atom. The number of aryl methyl sites for hydroxylation is 1. The van der Waals surface area contributed by atoms with Gasteiger partial charge in [0.25, 0.3) is 10.0 Å². The maximum Gasteiger partial charge on any atom is 0.264 e. The zero-order chi connectivity index (χ0) is 27.9. The van der Waals surface area contributed by atoms with Gasteiger partial charge >= 0.3 is 0 Å². The topological polar surface area (TPSA) is 86.8 Å². The maximum atomic E-state index is 13.8. The minimum absolute atomic E-state index is 0.0665. The van der Waals surface area contributed by atoms with Crippen molar-refractivity contribution in [3.63, 3.8) is 0 Å². The second-order valence-electron chi connectivity index (χ2n) is 8.92. The van der Waals surface area contributed by atoms with Gasteiger partial charge in [-0.2, -0.15) is 0 Å². The number of carbonyl (C=O) groups is 2. The van der Waals surface area contributed by atoms with E-state index in [-0.39, 0.29) is 17.3 Å². The average molecular weight is 621 g/mol. The van der Waals surface area contributed by atoms with Crippen LogP contribution in [0.5, 0.6) is 0 Å². The Bertz CT molecular complexity index is 1350. The molecule has 0 heterocycles. The lowest BCUT2D eigenvalue weighted by Gasteiger charge is -2.32. The summed E-state index contributed by atoms with van der Waals surface area (Å²) in [6.07, 6.45) is 0.746. The molecule has 1 atom stereocenters. The number of hydrogen-bond donors (Lipinski definition) is 1. The van der Waals surface area contributed by atoms with Crippen LogP contribution >= 0.6 is 27.5 Å². The summed E-state index contributed by atoms with van der Waals surface area (Å²) in [5, 5.41) is 3.37. The van der Waals surface area contributed by atoms with Crippen LogP contribution in [0.3, 0.4) is 0 Å². The second-order valence-corrected chi connectivity index (χ2v) is 12.1. The fourth-order valence-corrected chi connectivity index (χ4v) is 5.54. The first-order valence-corrected chi connectivity index (χ1v) is 14.8. The van der Waals surface area contributed by atoms with Crippen molar-refractivity contribution in [1.82, 2.24) is 10.2 Å². The molecular formula is C28H31BrClN3O4S. The SMILES string of the molecule is CCCNC(=O)[C@@H](C)N(Cc1ccc(Cl)cc1)C(=O)CN(c1ccc(Br)cc1)S(=O)(=O)c1ccc(C)cc1. The van der Waals surface area contributed by atoms with E-state index in [4.69, 9.17) is 11.6 Å². The van der Waals surface area contributed by atoms with Crippen LogP contribution in [-0.4, -0.2) is 44.3 Å². The molecule has 0 unspecified atom stereocenters. The monoisotopic (exact) mass is 619 g/mol. The molecule has 0 aliphatic heterocycles. The van der Waals surface area contributed by atoms with Crippen molar-refractivity contribution in [2.45, 2.75) is 44.7 Å². The van der Waals surface area contributed by atoms with E-state index >= 15 is 0 Å². The van der Waals surface area contributed by atoms with Crippen LogP contribution in [0.25, 0.3) is 0 Å². The fraction of sp³-hybridized carbons (Fsp3) is 0.286. The van der Waals surface area contributed by atoms with Gasteiger partial charge < -0.3 is 10.2 Å². The number of benzene rings is 3. The zero-order valence-corrected chi connectivity index (χ0v) is 24.7. The molecule has 3 aromatic carbocycles. The molecule has 0 saturated heterocycles. The number of sulfonamides is 1. The van der Waals surface area contributed by atoms with Gasteiger partial charge in [-0.1, -0.05) is 64.3 Å². The summed E-state index contributed by atoms with van der Waals surface area (Å²) in [6, 6.07) is 19.3. The molecule has 3 rings (SSSR count). The van der Waals surface area contributed by atoms with E-state index in [2.05, 4.69) is 21.2 Å². The number of nitrogens with one attached hydrogen (secondary N) is 1. The summed E-state index contributed by atoms with van der Waals surface area (Å²) in [5.41, 5.74) is 2.00. The van der Waals surface area contributed by atoms with Gasteiger partial charge in [-0.25, -0.2) is 8.42 Å². The average Bonchev–Trinajstić information content (AvgIpc) is 2.90. The van der Waals surface area contributed by atoms with Gasteiger partial charge in [0.1, 0.15) is 12.6 Å². The summed E-state index contributed by atoms with van der Waals surface area (Å²) in [5.74, 6) is -0.830. The molecule has 202 valence electrons. The maximum absolute atomic E-state index is 13.8. The molecule has 0 saturated carbocycles. The Hall–Kier alpha value is -2.88. The van der Waals surface area contributed by atoms with Crippen molar-refractivity contribution in [2.75, 3.05) is 17.4 Å². The molecule has 0 fully saturated rings. The first-order valence-electron chi connectivity index (χ1n) is 12.2. The number of hydrogen-bond acceptors (Lipinski definition) is 4. The van der Waals surface area contributed by atoms with Gasteiger partial charge in [-0.05, 0) is 74.4 Å². The molecule has 0 aliphatic rings. The summed E-state index contributed by atoms with van der Waals surface area (Å²) in [7, 11) is -4.10. The smallest absolute Gasteiger partial charge is 0.264 e. The summed E-state index contributed by atoms with van der Waals surface area (Å²) in [4.78, 5) is 28.2. The standard InChI is InChI=1S/C28H31BrClN3O4S/c1-4-17-31-28(35)21(3)32(18-22-7-11-24(30)12-8-22)27(34)19-33(25-13-9-23(29)10-14-25)38(36,37)26-15-5-20(2)6-16-26/h5-16,21H,4,17-19H2,1-3H3,(H,31,35)/t21-/m1/s1.